The van der Waals surface area contributed by atoms with Crippen LogP contribution in [0.3, 0.4) is 0 Å². The van der Waals surface area contributed by atoms with Gasteiger partial charge in [0, 0.05) is 12.3 Å². The lowest BCUT2D eigenvalue weighted by molar-refractivity contribution is -0.163. The van der Waals surface area contributed by atoms with Crippen LogP contribution in [0.1, 0.15) is 85.3 Å². The molecule has 13 nitrogen and oxygen atoms in total. The standard InChI is InChI=1S/C31H44N6O7/c1-6-19(7-2)28(40)36-27-20-12-13-22(37(20)35-17-34-27)31(16-32)26(39)24(43-29(41)25(33)30(3,4)5)21(44-31)15-42-23(38)14-18-10-8-9-11-18/h12-13,17-19,21,24-26,39H,6-11,14-15,33H2,1-5H3,(H,34,35,36,40)/t21-,24-,25+,26-,31+/m1/s1. The van der Waals surface area contributed by atoms with Crippen molar-refractivity contribution < 1.29 is 33.7 Å². The number of amides is 1. The van der Waals surface area contributed by atoms with Crippen LogP contribution in [-0.2, 0) is 34.2 Å². The molecule has 0 aromatic carbocycles. The van der Waals surface area contributed by atoms with E-state index >= 15 is 0 Å². The van der Waals surface area contributed by atoms with Crippen LogP contribution in [0, 0.1) is 28.6 Å². The zero-order valence-electron chi connectivity index (χ0n) is 26.1. The van der Waals surface area contributed by atoms with Crippen molar-refractivity contribution in [1.29, 1.82) is 5.26 Å². The number of nitrogens with two attached hydrogens (primary N) is 1. The molecule has 2 aromatic heterocycles. The Kier molecular flexibility index (Phi) is 10.3. The fraction of sp³-hybridized carbons (Fsp3) is 0.677. The summed E-state index contributed by atoms with van der Waals surface area (Å²) in [6.45, 7) is 8.81. The summed E-state index contributed by atoms with van der Waals surface area (Å²) in [5, 5.41) is 29.3. The van der Waals surface area contributed by atoms with Gasteiger partial charge in [-0.05, 0) is 49.1 Å². The van der Waals surface area contributed by atoms with Gasteiger partial charge in [0.15, 0.2) is 11.9 Å². The molecule has 1 amide bonds. The third kappa shape index (κ3) is 6.72. The molecule has 4 rings (SSSR count). The Morgan fingerprint density at radius 2 is 1.93 bits per heavy atom. The second kappa shape index (κ2) is 13.6. The molecular formula is C31H44N6O7. The number of aromatic nitrogens is 3. The van der Waals surface area contributed by atoms with Gasteiger partial charge in [-0.25, -0.2) is 9.50 Å². The second-order valence-electron chi connectivity index (χ2n) is 12.9. The molecule has 2 aromatic rings. The van der Waals surface area contributed by atoms with E-state index in [1.54, 1.807) is 26.8 Å². The van der Waals surface area contributed by atoms with Crippen LogP contribution >= 0.6 is 0 Å². The summed E-state index contributed by atoms with van der Waals surface area (Å²) in [5.41, 5.74) is 3.88. The quantitative estimate of drug-likeness (QED) is 0.316. The van der Waals surface area contributed by atoms with E-state index in [1.165, 1.54) is 16.9 Å². The monoisotopic (exact) mass is 612 g/mol. The molecule has 1 aliphatic heterocycles. The van der Waals surface area contributed by atoms with E-state index in [4.69, 9.17) is 19.9 Å². The second-order valence-corrected chi connectivity index (χ2v) is 12.9. The smallest absolute Gasteiger partial charge is 0.323 e. The molecule has 0 radical (unpaired) electrons. The van der Waals surface area contributed by atoms with Crippen molar-refractivity contribution in [3.05, 3.63) is 24.2 Å². The molecular weight excluding hydrogens is 568 g/mol. The van der Waals surface area contributed by atoms with Crippen molar-refractivity contribution >= 4 is 29.2 Å². The van der Waals surface area contributed by atoms with Gasteiger partial charge in [0.05, 0.1) is 5.69 Å². The number of aliphatic hydroxyl groups is 1. The SMILES string of the molecule is CCC(CC)C(=O)Nc1ncnn2c([C@]3(C#N)O[C@H](COC(=O)CC4CCCC4)[C@@H](OC(=O)[C@H](N)C(C)(C)C)[C@H]3O)ccc12. The number of ether oxygens (including phenoxy) is 3. The summed E-state index contributed by atoms with van der Waals surface area (Å²) in [6, 6.07) is 4.13. The molecule has 2 fully saturated rings. The van der Waals surface area contributed by atoms with E-state index in [0.717, 1.165) is 25.7 Å². The van der Waals surface area contributed by atoms with Gasteiger partial charge in [0.1, 0.15) is 42.8 Å². The lowest BCUT2D eigenvalue weighted by Gasteiger charge is -2.29. The third-order valence-electron chi connectivity index (χ3n) is 8.81. The van der Waals surface area contributed by atoms with Crippen molar-refractivity contribution in [2.24, 2.45) is 23.0 Å². The zero-order chi connectivity index (χ0) is 32.2. The van der Waals surface area contributed by atoms with Crippen molar-refractivity contribution in [3.63, 3.8) is 0 Å². The number of fused-ring (bicyclic) bond motifs is 1. The van der Waals surface area contributed by atoms with Gasteiger partial charge < -0.3 is 30.4 Å². The largest absolute Gasteiger partial charge is 0.463 e. The van der Waals surface area contributed by atoms with Crippen LogP contribution in [0.15, 0.2) is 18.5 Å². The molecule has 4 N–H and O–H groups in total. The number of esters is 2. The van der Waals surface area contributed by atoms with Crippen molar-refractivity contribution in [2.45, 2.75) is 110 Å². The summed E-state index contributed by atoms with van der Waals surface area (Å²) in [5.74, 6) is -1.17. The first-order valence-electron chi connectivity index (χ1n) is 15.4. The highest BCUT2D eigenvalue weighted by molar-refractivity contribution is 5.95. The Labute approximate surface area is 257 Å². The van der Waals surface area contributed by atoms with Crippen LogP contribution in [0.25, 0.3) is 5.52 Å². The van der Waals surface area contributed by atoms with Crippen LogP contribution < -0.4 is 11.1 Å². The highest BCUT2D eigenvalue weighted by Crippen LogP contribution is 2.42. The topological polar surface area (TPSA) is 191 Å². The Bertz CT molecular complexity index is 1390. The normalized spacial score (nSPS) is 24.8. The van der Waals surface area contributed by atoms with E-state index < -0.39 is 47.3 Å². The first-order valence-corrected chi connectivity index (χ1v) is 15.4. The minimum atomic E-state index is -2.09. The van der Waals surface area contributed by atoms with Gasteiger partial charge in [-0.2, -0.15) is 10.4 Å². The van der Waals surface area contributed by atoms with E-state index in [2.05, 4.69) is 21.5 Å². The van der Waals surface area contributed by atoms with Gasteiger partial charge in [0.25, 0.3) is 0 Å². The fourth-order valence-corrected chi connectivity index (χ4v) is 5.88. The summed E-state index contributed by atoms with van der Waals surface area (Å²) >= 11 is 0. The summed E-state index contributed by atoms with van der Waals surface area (Å²) in [4.78, 5) is 42.8. The van der Waals surface area contributed by atoms with Gasteiger partial charge >= 0.3 is 11.9 Å². The van der Waals surface area contributed by atoms with E-state index in [9.17, 15) is 24.8 Å². The van der Waals surface area contributed by atoms with E-state index in [0.29, 0.717) is 18.4 Å². The Morgan fingerprint density at radius 1 is 1.25 bits per heavy atom. The van der Waals surface area contributed by atoms with E-state index in [-0.39, 0.29) is 42.3 Å². The molecule has 3 heterocycles. The van der Waals surface area contributed by atoms with Crippen LogP contribution in [0.2, 0.25) is 0 Å². The number of nitrogens with one attached hydrogen (secondary N) is 1. The van der Waals surface area contributed by atoms with Crippen molar-refractivity contribution in [2.75, 3.05) is 11.9 Å². The van der Waals surface area contributed by atoms with Crippen LogP contribution in [-0.4, -0.2) is 68.5 Å². The lowest BCUT2D eigenvalue weighted by Crippen LogP contribution is -2.49. The Morgan fingerprint density at radius 3 is 2.55 bits per heavy atom. The maximum atomic E-state index is 13.1. The lowest BCUT2D eigenvalue weighted by atomic mass is 9.87. The molecule has 13 heteroatoms. The number of hydrogen-bond donors (Lipinski definition) is 3. The van der Waals surface area contributed by atoms with Gasteiger partial charge in [-0.3, -0.25) is 14.4 Å². The fourth-order valence-electron chi connectivity index (χ4n) is 5.88. The summed E-state index contributed by atoms with van der Waals surface area (Å²) < 4.78 is 18.8. The first kappa shape index (κ1) is 33.3. The van der Waals surface area contributed by atoms with Gasteiger partial charge in [-0.15, -0.1) is 0 Å². The maximum absolute atomic E-state index is 13.1. The number of hydrogen-bond acceptors (Lipinski definition) is 11. The predicted molar refractivity (Wildman–Crippen MR) is 159 cm³/mol. The molecule has 0 unspecified atom stereocenters. The highest BCUT2D eigenvalue weighted by atomic mass is 16.6. The zero-order valence-corrected chi connectivity index (χ0v) is 26.1. The number of carbonyl (C=O) groups is 3. The molecule has 1 aliphatic carbocycles. The van der Waals surface area contributed by atoms with Gasteiger partial charge in [0.2, 0.25) is 11.5 Å². The van der Waals surface area contributed by atoms with Crippen molar-refractivity contribution in [3.8, 4) is 6.07 Å². The maximum Gasteiger partial charge on any atom is 0.323 e. The molecule has 240 valence electrons. The Balaban J connectivity index is 1.65. The molecule has 0 bridgehead atoms. The van der Waals surface area contributed by atoms with Gasteiger partial charge in [-0.1, -0.05) is 47.5 Å². The average molecular weight is 613 g/mol. The van der Waals surface area contributed by atoms with E-state index in [1.807, 2.05) is 13.8 Å². The van der Waals surface area contributed by atoms with Crippen LogP contribution in [0.5, 0.6) is 0 Å². The predicted octanol–water partition coefficient (Wildman–Crippen LogP) is 2.99. The highest BCUT2D eigenvalue weighted by Gasteiger charge is 2.60. The molecule has 44 heavy (non-hydrogen) atoms. The van der Waals surface area contributed by atoms with Crippen molar-refractivity contribution in [1.82, 2.24) is 14.6 Å². The van der Waals surface area contributed by atoms with Crippen LogP contribution in [0.4, 0.5) is 5.82 Å². The number of nitrogens with zero attached hydrogens (tertiary/aromatic N) is 4. The molecule has 5 atom stereocenters. The first-order chi connectivity index (χ1) is 20.9. The molecule has 2 aliphatic rings. The minimum Gasteiger partial charge on any atom is -0.463 e. The number of rotatable bonds is 11. The number of carbonyl (C=O) groups excluding carboxylic acids is 3. The summed E-state index contributed by atoms with van der Waals surface area (Å²) in [7, 11) is 0. The number of anilines is 1. The molecule has 0 spiro atoms. The number of nitriles is 1. The average Bonchev–Trinajstić information content (AvgIpc) is 3.72. The molecule has 1 saturated carbocycles. The Hall–Kier alpha value is -3.60. The third-order valence-corrected chi connectivity index (χ3v) is 8.81. The summed E-state index contributed by atoms with van der Waals surface area (Å²) in [6.07, 6.45) is 2.55. The molecule has 1 saturated heterocycles. The number of aliphatic hydroxyl groups excluding tert-OH is 1. The minimum absolute atomic E-state index is 0.115.